The predicted molar refractivity (Wildman–Crippen MR) is 40.3 cm³/mol. The first-order valence-electron chi connectivity index (χ1n) is 3.76. The average Bonchev–Trinajstić information content (AvgIpc) is 2.08. The van der Waals surface area contributed by atoms with Gasteiger partial charge in [-0.05, 0) is 0 Å². The zero-order valence-corrected chi connectivity index (χ0v) is 6.58. The highest BCUT2D eigenvalue weighted by molar-refractivity contribution is 6.35. The Hall–Kier alpha value is -1.39. The lowest BCUT2D eigenvalue weighted by atomic mass is 10.3. The summed E-state index contributed by atoms with van der Waals surface area (Å²) in [6.07, 6.45) is 1.03. The van der Waals surface area contributed by atoms with Crippen LogP contribution >= 0.6 is 0 Å². The molecule has 2 amide bonds. The molecule has 5 heteroatoms. The zero-order valence-electron chi connectivity index (χ0n) is 6.58. The van der Waals surface area contributed by atoms with Crippen LogP contribution < -0.4 is 5.32 Å². The summed E-state index contributed by atoms with van der Waals surface area (Å²) in [5.74, 6) is -1.12. The van der Waals surface area contributed by atoms with Crippen molar-refractivity contribution >= 4 is 18.1 Å². The minimum Gasteiger partial charge on any atom is -0.346 e. The molecule has 1 N–H and O–H groups in total. The second kappa shape index (κ2) is 3.85. The maximum Gasteiger partial charge on any atom is 0.311 e. The Morgan fingerprint density at radius 3 is 2.92 bits per heavy atom. The molecular formula is C7H10N2O3. The number of rotatable bonds is 3. The smallest absolute Gasteiger partial charge is 0.311 e. The van der Waals surface area contributed by atoms with Gasteiger partial charge in [0.1, 0.15) is 6.29 Å². The summed E-state index contributed by atoms with van der Waals surface area (Å²) in [5.41, 5.74) is 0. The average molecular weight is 170 g/mol. The van der Waals surface area contributed by atoms with Gasteiger partial charge in [0.05, 0.1) is 0 Å². The summed E-state index contributed by atoms with van der Waals surface area (Å²) in [6, 6.07) is 0. The molecule has 1 fully saturated rings. The first-order valence-corrected chi connectivity index (χ1v) is 3.76. The zero-order chi connectivity index (χ0) is 8.97. The number of amides is 2. The third-order valence-electron chi connectivity index (χ3n) is 1.67. The van der Waals surface area contributed by atoms with E-state index in [2.05, 4.69) is 5.32 Å². The van der Waals surface area contributed by atoms with Gasteiger partial charge in [-0.2, -0.15) is 0 Å². The molecule has 0 bridgehead atoms. The van der Waals surface area contributed by atoms with Crippen LogP contribution in [0.5, 0.6) is 0 Å². The highest BCUT2D eigenvalue weighted by Gasteiger charge is 2.24. The van der Waals surface area contributed by atoms with Gasteiger partial charge < -0.3 is 15.0 Å². The molecule has 1 aliphatic heterocycles. The number of nitrogens with zero attached hydrogens (tertiary/aromatic N) is 1. The van der Waals surface area contributed by atoms with Crippen LogP contribution in [-0.2, 0) is 14.4 Å². The molecule has 12 heavy (non-hydrogen) atoms. The maximum absolute atomic E-state index is 11.0. The van der Waals surface area contributed by atoms with Crippen molar-refractivity contribution in [1.82, 2.24) is 10.2 Å². The van der Waals surface area contributed by atoms with E-state index in [1.165, 1.54) is 4.90 Å². The molecule has 66 valence electrons. The number of carbonyl (C=O) groups excluding carboxylic acids is 3. The summed E-state index contributed by atoms with van der Waals surface area (Å²) in [5, 5.41) is 2.42. The fourth-order valence-corrected chi connectivity index (χ4v) is 1.05. The number of carbonyl (C=O) groups is 3. The Kier molecular flexibility index (Phi) is 2.79. The molecule has 0 radical (unpaired) electrons. The van der Waals surface area contributed by atoms with Crippen LogP contribution in [0.4, 0.5) is 0 Å². The van der Waals surface area contributed by atoms with E-state index in [4.69, 9.17) is 0 Å². The molecule has 0 atom stereocenters. The molecular weight excluding hydrogens is 160 g/mol. The SMILES string of the molecule is O=CCCN1CCNC(=O)C1=O. The number of aldehydes is 1. The molecule has 5 nitrogen and oxygen atoms in total. The van der Waals surface area contributed by atoms with Gasteiger partial charge in [0.2, 0.25) is 0 Å². The van der Waals surface area contributed by atoms with Gasteiger partial charge in [0.25, 0.3) is 0 Å². The van der Waals surface area contributed by atoms with Gasteiger partial charge in [0.15, 0.2) is 0 Å². The third kappa shape index (κ3) is 1.81. The van der Waals surface area contributed by atoms with Crippen LogP contribution in [-0.4, -0.2) is 42.6 Å². The fraction of sp³-hybridized carbons (Fsp3) is 0.571. The molecule has 0 spiro atoms. The Labute approximate surface area is 69.7 Å². The van der Waals surface area contributed by atoms with E-state index >= 15 is 0 Å². The Bertz CT molecular complexity index is 215. The summed E-state index contributed by atoms with van der Waals surface area (Å²) in [6.45, 7) is 1.32. The summed E-state index contributed by atoms with van der Waals surface area (Å²) in [4.78, 5) is 33.2. The van der Waals surface area contributed by atoms with Crippen LogP contribution in [0.15, 0.2) is 0 Å². The summed E-state index contributed by atoms with van der Waals surface area (Å²) < 4.78 is 0. The van der Waals surface area contributed by atoms with Crippen molar-refractivity contribution in [2.75, 3.05) is 19.6 Å². The second-order valence-corrected chi connectivity index (χ2v) is 2.50. The lowest BCUT2D eigenvalue weighted by Crippen LogP contribution is -2.52. The minimum absolute atomic E-state index is 0.291. The normalized spacial score (nSPS) is 17.5. The van der Waals surface area contributed by atoms with Gasteiger partial charge >= 0.3 is 11.8 Å². The van der Waals surface area contributed by atoms with Crippen molar-refractivity contribution in [2.45, 2.75) is 6.42 Å². The van der Waals surface area contributed by atoms with Crippen LogP contribution in [0.25, 0.3) is 0 Å². The van der Waals surface area contributed by atoms with Crippen molar-refractivity contribution in [1.29, 1.82) is 0 Å². The van der Waals surface area contributed by atoms with Gasteiger partial charge in [0, 0.05) is 26.1 Å². The quantitative estimate of drug-likeness (QED) is 0.415. The molecule has 1 saturated heterocycles. The fourth-order valence-electron chi connectivity index (χ4n) is 1.05. The lowest BCUT2D eigenvalue weighted by molar-refractivity contribution is -0.148. The lowest BCUT2D eigenvalue weighted by Gasteiger charge is -2.25. The maximum atomic E-state index is 11.0. The second-order valence-electron chi connectivity index (χ2n) is 2.50. The van der Waals surface area contributed by atoms with Crippen molar-refractivity contribution < 1.29 is 14.4 Å². The number of hydrogen-bond donors (Lipinski definition) is 1. The van der Waals surface area contributed by atoms with E-state index in [1.807, 2.05) is 0 Å². The number of piperazine rings is 1. The Balaban J connectivity index is 2.46. The molecule has 1 aliphatic rings. The summed E-state index contributed by atoms with van der Waals surface area (Å²) >= 11 is 0. The van der Waals surface area contributed by atoms with Crippen LogP contribution in [0.3, 0.4) is 0 Å². The minimum atomic E-state index is -0.577. The molecule has 0 aromatic rings. The largest absolute Gasteiger partial charge is 0.346 e. The topological polar surface area (TPSA) is 66.5 Å². The van der Waals surface area contributed by atoms with E-state index < -0.39 is 11.8 Å². The van der Waals surface area contributed by atoms with E-state index in [-0.39, 0.29) is 0 Å². The van der Waals surface area contributed by atoms with Crippen molar-refractivity contribution in [2.24, 2.45) is 0 Å². The number of hydrogen-bond acceptors (Lipinski definition) is 3. The van der Waals surface area contributed by atoms with E-state index in [9.17, 15) is 14.4 Å². The summed E-state index contributed by atoms with van der Waals surface area (Å²) in [7, 11) is 0. The van der Waals surface area contributed by atoms with Gasteiger partial charge in [-0.1, -0.05) is 0 Å². The first-order chi connectivity index (χ1) is 5.75. The van der Waals surface area contributed by atoms with Gasteiger partial charge in [-0.3, -0.25) is 9.59 Å². The van der Waals surface area contributed by atoms with Crippen molar-refractivity contribution in [3.05, 3.63) is 0 Å². The Morgan fingerprint density at radius 2 is 2.25 bits per heavy atom. The molecule has 1 rings (SSSR count). The standard InChI is InChI=1S/C7H10N2O3/c10-5-1-3-9-4-2-8-6(11)7(9)12/h5H,1-4H2,(H,8,11). The molecule has 0 aromatic heterocycles. The highest BCUT2D eigenvalue weighted by atomic mass is 16.2. The van der Waals surface area contributed by atoms with Crippen molar-refractivity contribution in [3.63, 3.8) is 0 Å². The molecule has 0 saturated carbocycles. The highest BCUT2D eigenvalue weighted by Crippen LogP contribution is 1.95. The van der Waals surface area contributed by atoms with Crippen LogP contribution in [0.1, 0.15) is 6.42 Å². The monoisotopic (exact) mass is 170 g/mol. The van der Waals surface area contributed by atoms with E-state index in [0.29, 0.717) is 26.1 Å². The predicted octanol–water partition coefficient (Wildman–Crippen LogP) is -1.47. The first kappa shape index (κ1) is 8.70. The Morgan fingerprint density at radius 1 is 1.50 bits per heavy atom. The van der Waals surface area contributed by atoms with E-state index in [1.54, 1.807) is 0 Å². The molecule has 0 unspecified atom stereocenters. The molecule has 1 heterocycles. The van der Waals surface area contributed by atoms with E-state index in [0.717, 1.165) is 6.29 Å². The van der Waals surface area contributed by atoms with Gasteiger partial charge in [-0.15, -0.1) is 0 Å². The van der Waals surface area contributed by atoms with Crippen molar-refractivity contribution in [3.8, 4) is 0 Å². The number of nitrogens with one attached hydrogen (secondary N) is 1. The third-order valence-corrected chi connectivity index (χ3v) is 1.67. The van der Waals surface area contributed by atoms with Crippen LogP contribution in [0, 0.1) is 0 Å². The van der Waals surface area contributed by atoms with Crippen LogP contribution in [0.2, 0.25) is 0 Å². The molecule has 0 aliphatic carbocycles. The molecule has 0 aromatic carbocycles. The van der Waals surface area contributed by atoms with Gasteiger partial charge in [-0.25, -0.2) is 0 Å².